The molecule has 1 saturated heterocycles. The molecule has 1 atom stereocenters. The lowest BCUT2D eigenvalue weighted by Crippen LogP contribution is -2.33. The van der Waals surface area contributed by atoms with Gasteiger partial charge in [0.25, 0.3) is 0 Å². The molecule has 1 heterocycles. The lowest BCUT2D eigenvalue weighted by atomic mass is 9.73. The third kappa shape index (κ3) is 4.23. The van der Waals surface area contributed by atoms with Crippen molar-refractivity contribution in [2.45, 2.75) is 58.3 Å². The van der Waals surface area contributed by atoms with Crippen molar-refractivity contribution in [1.82, 2.24) is 4.90 Å². The maximum Gasteiger partial charge on any atom is 0.115 e. The molecule has 1 fully saturated rings. The molecule has 1 aliphatic rings. The Labute approximate surface area is 130 Å². The molecule has 0 spiro atoms. The summed E-state index contributed by atoms with van der Waals surface area (Å²) in [5.41, 5.74) is 1.56. The molecule has 0 saturated carbocycles. The number of hydrogen-bond acceptors (Lipinski definition) is 2. The monoisotopic (exact) mass is 289 g/mol. The molecule has 1 unspecified atom stereocenters. The molecular weight excluding hydrogens is 258 g/mol. The molecule has 0 amide bonds. The molecule has 1 N–H and O–H groups in total. The van der Waals surface area contributed by atoms with E-state index in [1.54, 1.807) is 6.07 Å². The molecule has 0 bridgehead atoms. The van der Waals surface area contributed by atoms with E-state index >= 15 is 0 Å². The minimum absolute atomic E-state index is 0.235. The van der Waals surface area contributed by atoms with E-state index in [2.05, 4.69) is 31.7 Å². The van der Waals surface area contributed by atoms with Gasteiger partial charge in [-0.05, 0) is 56.0 Å². The first-order valence-electron chi connectivity index (χ1n) is 8.57. The standard InChI is InChI=1S/C19H31NO/c1-4-5-6-11-20-12-10-19(15-20,14-16(2)3)17-8-7-9-18(21)13-17/h7-9,13,16,21H,4-6,10-12,14-15H2,1-3H3. The number of hydrogen-bond donors (Lipinski definition) is 1. The zero-order valence-electron chi connectivity index (χ0n) is 13.9. The summed E-state index contributed by atoms with van der Waals surface area (Å²) in [7, 11) is 0. The fraction of sp³-hybridized carbons (Fsp3) is 0.684. The summed E-state index contributed by atoms with van der Waals surface area (Å²) in [6, 6.07) is 7.96. The summed E-state index contributed by atoms with van der Waals surface area (Å²) in [5, 5.41) is 9.85. The molecule has 2 nitrogen and oxygen atoms in total. The van der Waals surface area contributed by atoms with Crippen molar-refractivity contribution in [3.63, 3.8) is 0 Å². The zero-order valence-corrected chi connectivity index (χ0v) is 13.9. The first-order valence-corrected chi connectivity index (χ1v) is 8.57. The summed E-state index contributed by atoms with van der Waals surface area (Å²) in [6.07, 6.45) is 6.37. The van der Waals surface area contributed by atoms with Crippen LogP contribution >= 0.6 is 0 Å². The number of nitrogens with zero attached hydrogens (tertiary/aromatic N) is 1. The summed E-state index contributed by atoms with van der Waals surface area (Å²) >= 11 is 0. The summed E-state index contributed by atoms with van der Waals surface area (Å²) in [6.45, 7) is 10.5. The van der Waals surface area contributed by atoms with Crippen LogP contribution in [0.15, 0.2) is 24.3 Å². The summed E-state index contributed by atoms with van der Waals surface area (Å²) < 4.78 is 0. The average molecular weight is 289 g/mol. The molecule has 2 heteroatoms. The minimum atomic E-state index is 0.235. The zero-order chi connectivity index (χ0) is 15.3. The van der Waals surface area contributed by atoms with E-state index in [-0.39, 0.29) is 5.41 Å². The number of unbranched alkanes of at least 4 members (excludes halogenated alkanes) is 2. The number of likely N-dealkylation sites (tertiary alicyclic amines) is 1. The molecule has 1 aromatic rings. The normalized spacial score (nSPS) is 23.0. The van der Waals surface area contributed by atoms with Crippen LogP contribution < -0.4 is 0 Å². The van der Waals surface area contributed by atoms with E-state index < -0.39 is 0 Å². The predicted molar refractivity (Wildman–Crippen MR) is 89.8 cm³/mol. The van der Waals surface area contributed by atoms with Crippen LogP contribution in [-0.2, 0) is 5.41 Å². The lowest BCUT2D eigenvalue weighted by molar-refractivity contribution is 0.281. The molecule has 0 radical (unpaired) electrons. The van der Waals surface area contributed by atoms with Gasteiger partial charge in [0.05, 0.1) is 0 Å². The van der Waals surface area contributed by atoms with Gasteiger partial charge in [-0.25, -0.2) is 0 Å². The molecule has 21 heavy (non-hydrogen) atoms. The van der Waals surface area contributed by atoms with E-state index in [0.717, 1.165) is 6.54 Å². The van der Waals surface area contributed by atoms with Gasteiger partial charge in [-0.1, -0.05) is 45.7 Å². The largest absolute Gasteiger partial charge is 0.508 e. The molecule has 0 aromatic heterocycles. The van der Waals surface area contributed by atoms with Crippen molar-refractivity contribution in [2.24, 2.45) is 5.92 Å². The average Bonchev–Trinajstić information content (AvgIpc) is 2.83. The van der Waals surface area contributed by atoms with Gasteiger partial charge in [-0.3, -0.25) is 0 Å². The van der Waals surface area contributed by atoms with Gasteiger partial charge in [0, 0.05) is 12.0 Å². The first kappa shape index (κ1) is 16.4. The van der Waals surface area contributed by atoms with Gasteiger partial charge in [-0.15, -0.1) is 0 Å². The minimum Gasteiger partial charge on any atom is -0.508 e. The quantitative estimate of drug-likeness (QED) is 0.743. The highest BCUT2D eigenvalue weighted by Gasteiger charge is 2.39. The highest BCUT2D eigenvalue weighted by atomic mass is 16.3. The van der Waals surface area contributed by atoms with E-state index in [1.807, 2.05) is 12.1 Å². The lowest BCUT2D eigenvalue weighted by Gasteiger charge is -2.32. The molecule has 118 valence electrons. The molecule has 0 aliphatic carbocycles. The molecular formula is C19H31NO. The van der Waals surface area contributed by atoms with Crippen LogP contribution in [0.3, 0.4) is 0 Å². The number of phenolic OH excluding ortho intramolecular Hbond substituents is 1. The fourth-order valence-corrected chi connectivity index (χ4v) is 3.87. The van der Waals surface area contributed by atoms with E-state index in [9.17, 15) is 5.11 Å². The van der Waals surface area contributed by atoms with Gasteiger partial charge in [-0.2, -0.15) is 0 Å². The third-order valence-electron chi connectivity index (χ3n) is 4.77. The van der Waals surface area contributed by atoms with Gasteiger partial charge >= 0.3 is 0 Å². The van der Waals surface area contributed by atoms with Crippen LogP contribution in [0.5, 0.6) is 5.75 Å². The Hall–Kier alpha value is -1.02. The Morgan fingerprint density at radius 3 is 2.76 bits per heavy atom. The molecule has 1 aliphatic heterocycles. The summed E-state index contributed by atoms with van der Waals surface area (Å²) in [5.74, 6) is 1.09. The molecule has 2 rings (SSSR count). The Balaban J connectivity index is 2.12. The SMILES string of the molecule is CCCCCN1CCC(CC(C)C)(c2cccc(O)c2)C1. The maximum absolute atomic E-state index is 9.85. The van der Waals surface area contributed by atoms with Crippen LogP contribution in [0.2, 0.25) is 0 Å². The topological polar surface area (TPSA) is 23.5 Å². The van der Waals surface area contributed by atoms with Gasteiger partial charge in [0.15, 0.2) is 0 Å². The van der Waals surface area contributed by atoms with E-state index in [4.69, 9.17) is 0 Å². The number of phenols is 1. The summed E-state index contributed by atoms with van der Waals surface area (Å²) in [4.78, 5) is 2.63. The second-order valence-corrected chi connectivity index (χ2v) is 7.16. The van der Waals surface area contributed by atoms with Crippen molar-refractivity contribution < 1.29 is 5.11 Å². The van der Waals surface area contributed by atoms with Gasteiger partial charge < -0.3 is 10.0 Å². The van der Waals surface area contributed by atoms with E-state index in [0.29, 0.717) is 11.7 Å². The Bertz CT molecular complexity index is 443. The van der Waals surface area contributed by atoms with Crippen molar-refractivity contribution in [1.29, 1.82) is 0 Å². The Morgan fingerprint density at radius 1 is 1.29 bits per heavy atom. The predicted octanol–water partition coefficient (Wildman–Crippen LogP) is 4.57. The van der Waals surface area contributed by atoms with Gasteiger partial charge in [0.2, 0.25) is 0 Å². The Kier molecular flexibility index (Phi) is 5.69. The third-order valence-corrected chi connectivity index (χ3v) is 4.77. The first-order chi connectivity index (χ1) is 10.1. The molecule has 1 aromatic carbocycles. The highest BCUT2D eigenvalue weighted by molar-refractivity contribution is 5.34. The van der Waals surface area contributed by atoms with E-state index in [1.165, 1.54) is 50.8 Å². The van der Waals surface area contributed by atoms with Crippen LogP contribution in [-0.4, -0.2) is 29.6 Å². The van der Waals surface area contributed by atoms with Crippen LogP contribution in [0.25, 0.3) is 0 Å². The second kappa shape index (κ2) is 7.31. The van der Waals surface area contributed by atoms with Crippen molar-refractivity contribution in [2.75, 3.05) is 19.6 Å². The Morgan fingerprint density at radius 2 is 2.10 bits per heavy atom. The second-order valence-electron chi connectivity index (χ2n) is 7.16. The van der Waals surface area contributed by atoms with Crippen molar-refractivity contribution in [3.05, 3.63) is 29.8 Å². The highest BCUT2D eigenvalue weighted by Crippen LogP contribution is 2.41. The number of rotatable bonds is 7. The van der Waals surface area contributed by atoms with Crippen LogP contribution in [0, 0.1) is 5.92 Å². The van der Waals surface area contributed by atoms with Crippen molar-refractivity contribution in [3.8, 4) is 5.75 Å². The van der Waals surface area contributed by atoms with Gasteiger partial charge in [0.1, 0.15) is 5.75 Å². The number of benzene rings is 1. The van der Waals surface area contributed by atoms with Crippen LogP contribution in [0.4, 0.5) is 0 Å². The van der Waals surface area contributed by atoms with Crippen LogP contribution in [0.1, 0.15) is 58.4 Å². The number of aromatic hydroxyl groups is 1. The van der Waals surface area contributed by atoms with Crippen molar-refractivity contribution >= 4 is 0 Å². The fourth-order valence-electron chi connectivity index (χ4n) is 3.87. The smallest absolute Gasteiger partial charge is 0.115 e. The maximum atomic E-state index is 9.85.